The van der Waals surface area contributed by atoms with E-state index in [2.05, 4.69) is 47.2 Å². The van der Waals surface area contributed by atoms with Crippen molar-refractivity contribution >= 4 is 5.69 Å². The molecule has 1 spiro atoms. The van der Waals surface area contributed by atoms with Gasteiger partial charge in [0.05, 0.1) is 0 Å². The molecule has 0 saturated carbocycles. The maximum Gasteiger partial charge on any atom is 0.0366 e. The molecule has 0 N–H and O–H groups in total. The highest BCUT2D eigenvalue weighted by atomic mass is 15.2. The highest BCUT2D eigenvalue weighted by Gasteiger charge is 2.40. The average Bonchev–Trinajstić information content (AvgIpc) is 2.74. The molecule has 0 aromatic heterocycles. The third-order valence-electron chi connectivity index (χ3n) is 4.41. The van der Waals surface area contributed by atoms with E-state index < -0.39 is 0 Å². The first-order valence-electron chi connectivity index (χ1n) is 6.76. The SMILES string of the molecule is CN1CCCC2(CCN(c3ccccc3)C2)C1. The molecule has 92 valence electrons. The van der Waals surface area contributed by atoms with E-state index in [9.17, 15) is 0 Å². The zero-order valence-corrected chi connectivity index (χ0v) is 10.7. The maximum absolute atomic E-state index is 2.57. The van der Waals surface area contributed by atoms with Crippen molar-refractivity contribution in [3.63, 3.8) is 0 Å². The standard InChI is InChI=1S/C15H22N2/c1-16-10-5-8-15(12-16)9-11-17(13-15)14-6-3-2-4-7-14/h2-4,6-7H,5,8-13H2,1H3. The van der Waals surface area contributed by atoms with Gasteiger partial charge in [-0.15, -0.1) is 0 Å². The van der Waals surface area contributed by atoms with Gasteiger partial charge in [-0.05, 0) is 45.0 Å². The van der Waals surface area contributed by atoms with Crippen molar-refractivity contribution in [2.75, 3.05) is 38.1 Å². The molecule has 2 heteroatoms. The third kappa shape index (κ3) is 2.19. The number of rotatable bonds is 1. The summed E-state index contributed by atoms with van der Waals surface area (Å²) in [6, 6.07) is 10.9. The van der Waals surface area contributed by atoms with E-state index in [1.807, 2.05) is 0 Å². The first kappa shape index (κ1) is 11.1. The molecule has 0 amide bonds. The number of anilines is 1. The number of hydrogen-bond donors (Lipinski definition) is 0. The van der Waals surface area contributed by atoms with Crippen LogP contribution in [-0.2, 0) is 0 Å². The lowest BCUT2D eigenvalue weighted by Gasteiger charge is -2.38. The van der Waals surface area contributed by atoms with Crippen molar-refractivity contribution in [3.8, 4) is 0 Å². The van der Waals surface area contributed by atoms with Crippen LogP contribution in [0, 0.1) is 5.41 Å². The summed E-state index contributed by atoms with van der Waals surface area (Å²) in [4.78, 5) is 5.08. The molecule has 1 aromatic rings. The van der Waals surface area contributed by atoms with Gasteiger partial charge in [-0.2, -0.15) is 0 Å². The fourth-order valence-corrected chi connectivity index (χ4v) is 3.58. The van der Waals surface area contributed by atoms with Gasteiger partial charge in [0, 0.05) is 30.7 Å². The minimum atomic E-state index is 0.572. The number of hydrogen-bond acceptors (Lipinski definition) is 2. The predicted octanol–water partition coefficient (Wildman–Crippen LogP) is 2.61. The molecule has 2 aliphatic rings. The first-order valence-corrected chi connectivity index (χ1v) is 6.76. The van der Waals surface area contributed by atoms with Crippen molar-refractivity contribution in [3.05, 3.63) is 30.3 Å². The largest absolute Gasteiger partial charge is 0.371 e. The molecule has 2 heterocycles. The molecular formula is C15H22N2. The van der Waals surface area contributed by atoms with Crippen LogP contribution in [0.5, 0.6) is 0 Å². The van der Waals surface area contributed by atoms with Gasteiger partial charge >= 0.3 is 0 Å². The van der Waals surface area contributed by atoms with E-state index >= 15 is 0 Å². The molecule has 1 aromatic carbocycles. The van der Waals surface area contributed by atoms with E-state index in [-0.39, 0.29) is 0 Å². The Morgan fingerprint density at radius 1 is 1.00 bits per heavy atom. The molecule has 0 aliphatic carbocycles. The highest BCUT2D eigenvalue weighted by Crippen LogP contribution is 2.40. The Morgan fingerprint density at radius 2 is 1.82 bits per heavy atom. The van der Waals surface area contributed by atoms with Crippen molar-refractivity contribution in [1.29, 1.82) is 0 Å². The summed E-state index contributed by atoms with van der Waals surface area (Å²) in [6.45, 7) is 5.06. The lowest BCUT2D eigenvalue weighted by molar-refractivity contribution is 0.128. The zero-order chi connectivity index (χ0) is 11.7. The number of benzene rings is 1. The van der Waals surface area contributed by atoms with Crippen LogP contribution >= 0.6 is 0 Å². The van der Waals surface area contributed by atoms with E-state index in [0.29, 0.717) is 5.41 Å². The van der Waals surface area contributed by atoms with Gasteiger partial charge in [-0.3, -0.25) is 0 Å². The number of piperidine rings is 1. The molecule has 2 nitrogen and oxygen atoms in total. The molecule has 0 bridgehead atoms. The lowest BCUT2D eigenvalue weighted by atomic mass is 9.79. The second-order valence-corrected chi connectivity index (χ2v) is 5.85. The fourth-order valence-electron chi connectivity index (χ4n) is 3.58. The molecule has 1 atom stereocenters. The van der Waals surface area contributed by atoms with Crippen molar-refractivity contribution in [2.24, 2.45) is 5.41 Å². The Kier molecular flexibility index (Phi) is 2.83. The lowest BCUT2D eigenvalue weighted by Crippen LogP contribution is -2.42. The summed E-state index contributed by atoms with van der Waals surface area (Å²) < 4.78 is 0. The number of likely N-dealkylation sites (tertiary alicyclic amines) is 1. The van der Waals surface area contributed by atoms with Crippen molar-refractivity contribution in [2.45, 2.75) is 19.3 Å². The molecule has 0 radical (unpaired) electrons. The summed E-state index contributed by atoms with van der Waals surface area (Å²) in [6.07, 6.45) is 4.16. The minimum Gasteiger partial charge on any atom is -0.371 e. The second kappa shape index (κ2) is 4.34. The Hall–Kier alpha value is -1.02. The van der Waals surface area contributed by atoms with Gasteiger partial charge in [0.15, 0.2) is 0 Å². The molecular weight excluding hydrogens is 208 g/mol. The van der Waals surface area contributed by atoms with Gasteiger partial charge in [0.2, 0.25) is 0 Å². The van der Waals surface area contributed by atoms with Gasteiger partial charge in [0.25, 0.3) is 0 Å². The van der Waals surface area contributed by atoms with Crippen LogP contribution in [0.3, 0.4) is 0 Å². The highest BCUT2D eigenvalue weighted by molar-refractivity contribution is 5.47. The molecule has 1 unspecified atom stereocenters. The normalized spacial score (nSPS) is 30.1. The Morgan fingerprint density at radius 3 is 2.59 bits per heavy atom. The number of nitrogens with zero attached hydrogens (tertiary/aromatic N) is 2. The van der Waals surface area contributed by atoms with Gasteiger partial charge < -0.3 is 9.80 Å². The maximum atomic E-state index is 2.57. The zero-order valence-electron chi connectivity index (χ0n) is 10.7. The minimum absolute atomic E-state index is 0.572. The van der Waals surface area contributed by atoms with Crippen LogP contribution in [0.2, 0.25) is 0 Å². The van der Waals surface area contributed by atoms with Gasteiger partial charge in [0.1, 0.15) is 0 Å². The van der Waals surface area contributed by atoms with Crippen molar-refractivity contribution in [1.82, 2.24) is 4.90 Å². The molecule has 2 saturated heterocycles. The topological polar surface area (TPSA) is 6.48 Å². The van der Waals surface area contributed by atoms with Crippen LogP contribution in [-0.4, -0.2) is 38.1 Å². The summed E-state index contributed by atoms with van der Waals surface area (Å²) in [5.41, 5.74) is 1.97. The molecule has 3 rings (SSSR count). The molecule has 2 fully saturated rings. The van der Waals surface area contributed by atoms with Gasteiger partial charge in [-0.25, -0.2) is 0 Å². The average molecular weight is 230 g/mol. The summed E-state index contributed by atoms with van der Waals surface area (Å²) in [5, 5.41) is 0. The number of para-hydroxylation sites is 1. The Bertz CT molecular complexity index is 376. The fraction of sp³-hybridized carbons (Fsp3) is 0.600. The third-order valence-corrected chi connectivity index (χ3v) is 4.41. The summed E-state index contributed by atoms with van der Waals surface area (Å²) in [5.74, 6) is 0. The predicted molar refractivity (Wildman–Crippen MR) is 72.4 cm³/mol. The van der Waals surface area contributed by atoms with Gasteiger partial charge in [-0.1, -0.05) is 18.2 Å². The monoisotopic (exact) mass is 230 g/mol. The van der Waals surface area contributed by atoms with E-state index in [1.54, 1.807) is 0 Å². The molecule has 2 aliphatic heterocycles. The molecule has 17 heavy (non-hydrogen) atoms. The summed E-state index contributed by atoms with van der Waals surface area (Å²) >= 11 is 0. The van der Waals surface area contributed by atoms with Crippen LogP contribution < -0.4 is 4.90 Å². The Balaban J connectivity index is 1.73. The first-order chi connectivity index (χ1) is 8.27. The van der Waals surface area contributed by atoms with E-state index in [1.165, 1.54) is 51.1 Å². The second-order valence-electron chi connectivity index (χ2n) is 5.85. The van der Waals surface area contributed by atoms with E-state index in [4.69, 9.17) is 0 Å². The quantitative estimate of drug-likeness (QED) is 0.731. The Labute approximate surface area is 104 Å². The van der Waals surface area contributed by atoms with Crippen LogP contribution in [0.1, 0.15) is 19.3 Å². The van der Waals surface area contributed by atoms with Crippen molar-refractivity contribution < 1.29 is 0 Å². The summed E-state index contributed by atoms with van der Waals surface area (Å²) in [7, 11) is 2.27. The van der Waals surface area contributed by atoms with Crippen LogP contribution in [0.25, 0.3) is 0 Å². The van der Waals surface area contributed by atoms with E-state index in [0.717, 1.165) is 0 Å². The smallest absolute Gasteiger partial charge is 0.0366 e. The van der Waals surface area contributed by atoms with Crippen LogP contribution in [0.4, 0.5) is 5.69 Å². The van der Waals surface area contributed by atoms with Crippen LogP contribution in [0.15, 0.2) is 30.3 Å².